The first-order chi connectivity index (χ1) is 14.9. The molecule has 0 spiro atoms. The number of carbonyl (C=O) groups is 2. The van der Waals surface area contributed by atoms with Gasteiger partial charge >= 0.3 is 0 Å². The second-order valence-electron chi connectivity index (χ2n) is 7.81. The average molecular weight is 419 g/mol. The third-order valence-electron chi connectivity index (χ3n) is 5.70. The molecule has 3 rings (SSSR count). The van der Waals surface area contributed by atoms with Crippen molar-refractivity contribution in [2.24, 2.45) is 11.7 Å². The lowest BCUT2D eigenvalue weighted by Crippen LogP contribution is -2.40. The summed E-state index contributed by atoms with van der Waals surface area (Å²) in [5.41, 5.74) is 9.55. The van der Waals surface area contributed by atoms with Crippen molar-refractivity contribution in [2.75, 3.05) is 11.4 Å². The number of nitrogens with zero attached hydrogens (tertiary/aromatic N) is 1. The average Bonchev–Trinajstić information content (AvgIpc) is 2.79. The molecule has 4 N–H and O–H groups in total. The number of nitrogens with two attached hydrogens (primary N) is 1. The smallest absolute Gasteiger partial charge is 0.254 e. The van der Waals surface area contributed by atoms with Gasteiger partial charge in [-0.2, -0.15) is 0 Å². The molecule has 31 heavy (non-hydrogen) atoms. The van der Waals surface area contributed by atoms with Gasteiger partial charge in [-0.15, -0.1) is 0 Å². The van der Waals surface area contributed by atoms with Crippen LogP contribution in [0.2, 0.25) is 0 Å². The minimum absolute atomic E-state index is 0.0141. The van der Waals surface area contributed by atoms with Crippen LogP contribution in [0, 0.1) is 18.3 Å². The van der Waals surface area contributed by atoms with Gasteiger partial charge in [0.15, 0.2) is 0 Å². The van der Waals surface area contributed by atoms with Crippen molar-refractivity contribution < 1.29 is 9.59 Å². The van der Waals surface area contributed by atoms with Crippen LogP contribution in [-0.2, 0) is 16.1 Å². The standard InChI is InChI=1S/C25H30N4O2/c1-3-29(22-11-7-4-8-17(22)2)25(31)21-10-6-5-9-20(21)24(30)28-16-18-12-14-19(15-13-18)23(26)27/h4,7-8,10-15,20H,3,5-6,9,16H2,1-2H3,(H3,26,27)(H,28,30). The summed E-state index contributed by atoms with van der Waals surface area (Å²) in [6.07, 6.45) is 4.29. The molecular weight excluding hydrogens is 388 g/mol. The Balaban J connectivity index is 1.72. The van der Waals surface area contributed by atoms with Crippen molar-refractivity contribution in [2.45, 2.75) is 39.7 Å². The van der Waals surface area contributed by atoms with Gasteiger partial charge in [0.2, 0.25) is 5.91 Å². The lowest BCUT2D eigenvalue weighted by atomic mass is 9.85. The van der Waals surface area contributed by atoms with E-state index in [9.17, 15) is 9.59 Å². The highest BCUT2D eigenvalue weighted by atomic mass is 16.2. The third kappa shape index (κ3) is 5.20. The summed E-state index contributed by atoms with van der Waals surface area (Å²) < 4.78 is 0. The van der Waals surface area contributed by atoms with E-state index in [2.05, 4.69) is 5.32 Å². The number of amides is 2. The van der Waals surface area contributed by atoms with Crippen LogP contribution in [0.15, 0.2) is 60.2 Å². The zero-order chi connectivity index (χ0) is 22.4. The molecule has 0 aliphatic heterocycles. The van der Waals surface area contributed by atoms with E-state index < -0.39 is 5.92 Å². The van der Waals surface area contributed by atoms with E-state index in [1.165, 1.54) is 0 Å². The first-order valence-corrected chi connectivity index (χ1v) is 10.7. The minimum Gasteiger partial charge on any atom is -0.384 e. The van der Waals surface area contributed by atoms with E-state index in [-0.39, 0.29) is 17.6 Å². The molecule has 2 aromatic carbocycles. The summed E-state index contributed by atoms with van der Waals surface area (Å²) in [7, 11) is 0. The molecule has 0 aromatic heterocycles. The maximum absolute atomic E-state index is 13.4. The number of aryl methyl sites for hydroxylation is 1. The predicted molar refractivity (Wildman–Crippen MR) is 124 cm³/mol. The van der Waals surface area contributed by atoms with Gasteiger partial charge in [0.1, 0.15) is 5.84 Å². The summed E-state index contributed by atoms with van der Waals surface area (Å²) in [4.78, 5) is 28.2. The molecule has 1 aliphatic rings. The molecule has 162 valence electrons. The molecule has 0 fully saturated rings. The number of allylic oxidation sites excluding steroid dienone is 1. The van der Waals surface area contributed by atoms with Crippen LogP contribution in [-0.4, -0.2) is 24.2 Å². The first kappa shape index (κ1) is 22.3. The fourth-order valence-corrected chi connectivity index (χ4v) is 3.95. The van der Waals surface area contributed by atoms with Crippen LogP contribution in [0.3, 0.4) is 0 Å². The molecule has 1 atom stereocenters. The zero-order valence-corrected chi connectivity index (χ0v) is 18.2. The highest BCUT2D eigenvalue weighted by molar-refractivity contribution is 6.09. The molecular formula is C25H30N4O2. The van der Waals surface area contributed by atoms with Gasteiger partial charge in [0.05, 0.1) is 5.92 Å². The zero-order valence-electron chi connectivity index (χ0n) is 18.2. The number of rotatable bonds is 7. The lowest BCUT2D eigenvalue weighted by molar-refractivity contribution is -0.126. The molecule has 6 heteroatoms. The van der Waals surface area contributed by atoms with Gasteiger partial charge in [-0.25, -0.2) is 0 Å². The highest BCUT2D eigenvalue weighted by Crippen LogP contribution is 2.29. The van der Waals surface area contributed by atoms with Crippen molar-refractivity contribution in [1.29, 1.82) is 5.41 Å². The van der Waals surface area contributed by atoms with Gasteiger partial charge in [-0.3, -0.25) is 15.0 Å². The molecule has 0 heterocycles. The second-order valence-corrected chi connectivity index (χ2v) is 7.81. The van der Waals surface area contributed by atoms with Gasteiger partial charge in [-0.1, -0.05) is 48.5 Å². The maximum atomic E-state index is 13.4. The number of hydrogen-bond acceptors (Lipinski definition) is 3. The van der Waals surface area contributed by atoms with E-state index in [1.54, 1.807) is 17.0 Å². The van der Waals surface area contributed by atoms with E-state index in [0.717, 1.165) is 29.7 Å². The Morgan fingerprint density at radius 3 is 2.52 bits per heavy atom. The quantitative estimate of drug-likeness (QED) is 0.472. The van der Waals surface area contributed by atoms with Gasteiger partial charge < -0.3 is 16.0 Å². The van der Waals surface area contributed by atoms with E-state index in [4.69, 9.17) is 11.1 Å². The van der Waals surface area contributed by atoms with Gasteiger partial charge in [0, 0.05) is 29.9 Å². The van der Waals surface area contributed by atoms with Crippen LogP contribution in [0.5, 0.6) is 0 Å². The number of hydrogen-bond donors (Lipinski definition) is 3. The number of likely N-dealkylation sites (N-methyl/N-ethyl adjacent to an activating group) is 1. The fourth-order valence-electron chi connectivity index (χ4n) is 3.95. The van der Waals surface area contributed by atoms with Gasteiger partial charge in [-0.05, 0) is 50.3 Å². The lowest BCUT2D eigenvalue weighted by Gasteiger charge is -2.29. The molecule has 0 saturated heterocycles. The molecule has 0 bridgehead atoms. The highest BCUT2D eigenvalue weighted by Gasteiger charge is 2.32. The van der Waals surface area contributed by atoms with Crippen LogP contribution >= 0.6 is 0 Å². The number of nitrogen functional groups attached to an aromatic ring is 1. The second kappa shape index (κ2) is 10.1. The van der Waals surface area contributed by atoms with E-state index >= 15 is 0 Å². The van der Waals surface area contributed by atoms with Crippen LogP contribution in [0.1, 0.15) is 42.9 Å². The summed E-state index contributed by atoms with van der Waals surface area (Å²) in [5, 5.41) is 10.4. The van der Waals surface area contributed by atoms with Crippen molar-refractivity contribution in [1.82, 2.24) is 5.32 Å². The van der Waals surface area contributed by atoms with Crippen LogP contribution in [0.25, 0.3) is 0 Å². The molecule has 6 nitrogen and oxygen atoms in total. The molecule has 1 aliphatic carbocycles. The first-order valence-electron chi connectivity index (χ1n) is 10.7. The Bertz CT molecular complexity index is 995. The molecule has 0 radical (unpaired) electrons. The monoisotopic (exact) mass is 418 g/mol. The number of nitrogens with one attached hydrogen (secondary N) is 2. The van der Waals surface area contributed by atoms with Crippen molar-refractivity contribution in [3.63, 3.8) is 0 Å². The van der Waals surface area contributed by atoms with E-state index in [1.807, 2.05) is 56.3 Å². The van der Waals surface area contributed by atoms with Crippen LogP contribution < -0.4 is 16.0 Å². The van der Waals surface area contributed by atoms with Crippen molar-refractivity contribution >= 4 is 23.3 Å². The Kier molecular flexibility index (Phi) is 7.23. The van der Waals surface area contributed by atoms with Crippen molar-refractivity contribution in [3.05, 3.63) is 76.9 Å². The maximum Gasteiger partial charge on any atom is 0.254 e. The van der Waals surface area contributed by atoms with Gasteiger partial charge in [0.25, 0.3) is 5.91 Å². The number of carbonyl (C=O) groups excluding carboxylic acids is 2. The Hall–Kier alpha value is -3.41. The SMILES string of the molecule is CCN(C(=O)C1=CCCCC1C(=O)NCc1ccc(C(=N)N)cc1)c1ccccc1C. The molecule has 1 unspecified atom stereocenters. The largest absolute Gasteiger partial charge is 0.384 e. The predicted octanol–water partition coefficient (Wildman–Crippen LogP) is 3.67. The summed E-state index contributed by atoms with van der Waals surface area (Å²) in [5.74, 6) is -0.658. The fraction of sp³-hybridized carbons (Fsp3) is 0.320. The summed E-state index contributed by atoms with van der Waals surface area (Å²) in [6, 6.07) is 15.0. The molecule has 2 amide bonds. The third-order valence-corrected chi connectivity index (χ3v) is 5.70. The molecule has 0 saturated carbocycles. The topological polar surface area (TPSA) is 99.3 Å². The molecule has 2 aromatic rings. The van der Waals surface area contributed by atoms with Crippen molar-refractivity contribution in [3.8, 4) is 0 Å². The summed E-state index contributed by atoms with van der Waals surface area (Å²) >= 11 is 0. The minimum atomic E-state index is -0.448. The number of benzene rings is 2. The normalized spacial score (nSPS) is 15.7. The van der Waals surface area contributed by atoms with E-state index in [0.29, 0.717) is 30.6 Å². The number of para-hydroxylation sites is 1. The Morgan fingerprint density at radius 2 is 1.87 bits per heavy atom. The Labute approximate surface area is 183 Å². The number of amidine groups is 1. The summed E-state index contributed by atoms with van der Waals surface area (Å²) in [6.45, 7) is 4.84. The number of anilines is 1. The van der Waals surface area contributed by atoms with Crippen LogP contribution in [0.4, 0.5) is 5.69 Å². The Morgan fingerprint density at radius 1 is 1.16 bits per heavy atom.